The largest absolute Gasteiger partial charge is 0.490 e. The van der Waals surface area contributed by atoms with Gasteiger partial charge in [0.25, 0.3) is 5.91 Å². The highest BCUT2D eigenvalue weighted by Gasteiger charge is 2.32. The van der Waals surface area contributed by atoms with Gasteiger partial charge in [-0.2, -0.15) is 26.3 Å². The van der Waals surface area contributed by atoms with Crippen LogP contribution in [0.1, 0.15) is 33.8 Å². The van der Waals surface area contributed by atoms with Gasteiger partial charge < -0.3 is 14.8 Å². The maximum Gasteiger partial charge on any atom is 0.398 e. The van der Waals surface area contributed by atoms with Crippen LogP contribution in [0, 0.1) is 0 Å². The SMILES string of the molecule is O=C(NC[C@H](CN1CCC(Oc2ccc(Cl)c(Cl)c2)CC1)OC(=O)c1nn[nH]c1SCC(F)(F)F)c1nn[nH]c1SCC(F)(F)F. The summed E-state index contributed by atoms with van der Waals surface area (Å²) in [6.07, 6.45) is -9.16. The van der Waals surface area contributed by atoms with Crippen LogP contribution >= 0.6 is 46.7 Å². The molecule has 22 heteroatoms. The number of halogens is 8. The number of nitrogens with zero attached hydrogens (tertiary/aromatic N) is 5. The van der Waals surface area contributed by atoms with E-state index in [1.807, 2.05) is 4.90 Å². The molecule has 0 radical (unpaired) electrons. The third-order valence-corrected chi connectivity index (χ3v) is 8.99. The number of aromatic nitrogens is 6. The summed E-state index contributed by atoms with van der Waals surface area (Å²) in [5.41, 5.74) is -0.886. The highest BCUT2D eigenvalue weighted by molar-refractivity contribution is 7.99. The summed E-state index contributed by atoms with van der Waals surface area (Å²) in [6, 6.07) is 4.90. The molecule has 0 unspecified atom stereocenters. The van der Waals surface area contributed by atoms with E-state index in [0.29, 0.717) is 41.7 Å². The lowest BCUT2D eigenvalue weighted by molar-refractivity contribution is -0.106. The summed E-state index contributed by atoms with van der Waals surface area (Å²) in [5.74, 6) is -4.07. The van der Waals surface area contributed by atoms with Gasteiger partial charge in [-0.05, 0) is 25.0 Å². The zero-order chi connectivity index (χ0) is 33.5. The number of nitrogens with one attached hydrogen (secondary N) is 3. The molecule has 1 aliphatic heterocycles. The molecule has 0 bridgehead atoms. The lowest BCUT2D eigenvalue weighted by atomic mass is 10.1. The molecule has 252 valence electrons. The van der Waals surface area contributed by atoms with Crippen molar-refractivity contribution in [2.24, 2.45) is 0 Å². The van der Waals surface area contributed by atoms with Gasteiger partial charge in [-0.25, -0.2) is 4.79 Å². The normalized spacial score (nSPS) is 15.5. The lowest BCUT2D eigenvalue weighted by Gasteiger charge is -2.34. The lowest BCUT2D eigenvalue weighted by Crippen LogP contribution is -2.46. The Labute approximate surface area is 275 Å². The number of ether oxygens (including phenoxy) is 2. The van der Waals surface area contributed by atoms with Crippen molar-refractivity contribution >= 4 is 58.6 Å². The van der Waals surface area contributed by atoms with E-state index < -0.39 is 53.2 Å². The van der Waals surface area contributed by atoms with Gasteiger partial charge in [-0.1, -0.05) is 57.2 Å². The van der Waals surface area contributed by atoms with Crippen LogP contribution in [0.4, 0.5) is 26.3 Å². The monoisotopic (exact) mass is 736 g/mol. The number of aromatic amines is 2. The van der Waals surface area contributed by atoms with E-state index >= 15 is 0 Å². The molecule has 46 heavy (non-hydrogen) atoms. The zero-order valence-electron chi connectivity index (χ0n) is 23.3. The Hall–Kier alpha value is -2.94. The molecule has 1 fully saturated rings. The average molecular weight is 738 g/mol. The second kappa shape index (κ2) is 15.8. The van der Waals surface area contributed by atoms with E-state index in [2.05, 4.69) is 36.1 Å². The second-order valence-electron chi connectivity index (χ2n) is 9.72. The third-order valence-electron chi connectivity index (χ3n) is 6.16. The fourth-order valence-electron chi connectivity index (χ4n) is 4.11. The maximum absolute atomic E-state index is 13.0. The van der Waals surface area contributed by atoms with Gasteiger partial charge in [0.15, 0.2) is 5.69 Å². The molecule has 1 atom stereocenters. The standard InChI is InChI=1S/C24H24Cl2F6N8O4S2/c25-15-2-1-13(7-16(15)26)43-12-3-5-40(6-4-12)9-14(44-22(42)18-21(37-39-35-18)46-11-24(30,31)32)8-33-19(41)17-20(36-38-34-17)45-10-23(27,28)29/h1-2,7,12,14H,3-6,8-11H2,(H,33,41)(H,34,36,38)(H,35,37,39)/t14-/m1/s1. The summed E-state index contributed by atoms with van der Waals surface area (Å²) in [5, 5.41) is 21.1. The highest BCUT2D eigenvalue weighted by atomic mass is 35.5. The van der Waals surface area contributed by atoms with Crippen molar-refractivity contribution in [2.45, 2.75) is 47.5 Å². The molecular weight excluding hydrogens is 713 g/mol. The van der Waals surface area contributed by atoms with Crippen LogP contribution in [0.2, 0.25) is 10.0 Å². The van der Waals surface area contributed by atoms with Gasteiger partial charge in [0.05, 0.1) is 28.1 Å². The average Bonchev–Trinajstić information content (AvgIpc) is 3.66. The molecule has 1 aromatic carbocycles. The van der Waals surface area contributed by atoms with Gasteiger partial charge in [-0.15, -0.1) is 10.2 Å². The number of hydrogen-bond acceptors (Lipinski definition) is 11. The number of likely N-dealkylation sites (tertiary alicyclic amines) is 1. The number of benzene rings is 1. The van der Waals surface area contributed by atoms with E-state index in [4.69, 9.17) is 32.7 Å². The topological polar surface area (TPSA) is 151 Å². The molecule has 1 aliphatic rings. The van der Waals surface area contributed by atoms with Gasteiger partial charge >= 0.3 is 18.3 Å². The number of rotatable bonds is 13. The van der Waals surface area contributed by atoms with E-state index in [9.17, 15) is 35.9 Å². The minimum atomic E-state index is -4.53. The Morgan fingerprint density at radius 2 is 1.54 bits per heavy atom. The first-order valence-corrected chi connectivity index (χ1v) is 15.9. The van der Waals surface area contributed by atoms with Crippen LogP contribution in [-0.4, -0.2) is 110 Å². The Bertz CT molecular complexity index is 1490. The molecule has 0 aliphatic carbocycles. The third kappa shape index (κ3) is 11.1. The summed E-state index contributed by atoms with van der Waals surface area (Å²) >= 11 is 12.6. The van der Waals surface area contributed by atoms with Crippen LogP contribution in [0.5, 0.6) is 5.75 Å². The number of carbonyl (C=O) groups is 2. The number of piperidine rings is 1. The predicted octanol–water partition coefficient (Wildman–Crippen LogP) is 5.04. The molecule has 1 saturated heterocycles. The number of esters is 1. The van der Waals surface area contributed by atoms with E-state index in [1.54, 1.807) is 18.2 Å². The van der Waals surface area contributed by atoms with Crippen molar-refractivity contribution in [3.63, 3.8) is 0 Å². The van der Waals surface area contributed by atoms with Crippen molar-refractivity contribution in [1.29, 1.82) is 0 Å². The van der Waals surface area contributed by atoms with Crippen molar-refractivity contribution in [3.8, 4) is 5.75 Å². The molecule has 3 N–H and O–H groups in total. The fraction of sp³-hybridized carbons (Fsp3) is 0.500. The first-order chi connectivity index (χ1) is 21.7. The minimum absolute atomic E-state index is 0.0723. The summed E-state index contributed by atoms with van der Waals surface area (Å²) in [6.45, 7) is 0.699. The molecule has 0 spiro atoms. The minimum Gasteiger partial charge on any atom is -0.490 e. The van der Waals surface area contributed by atoms with E-state index in [1.165, 1.54) is 0 Å². The molecule has 12 nitrogen and oxygen atoms in total. The predicted molar refractivity (Wildman–Crippen MR) is 154 cm³/mol. The zero-order valence-corrected chi connectivity index (χ0v) is 26.4. The molecule has 3 aromatic rings. The van der Waals surface area contributed by atoms with Gasteiger partial charge in [0.1, 0.15) is 28.0 Å². The van der Waals surface area contributed by atoms with E-state index in [-0.39, 0.29) is 52.8 Å². The number of H-pyrrole nitrogens is 2. The Kier molecular flexibility index (Phi) is 12.3. The van der Waals surface area contributed by atoms with Gasteiger partial charge in [-0.3, -0.25) is 19.9 Å². The Morgan fingerprint density at radius 1 is 0.957 bits per heavy atom. The smallest absolute Gasteiger partial charge is 0.398 e. The van der Waals surface area contributed by atoms with Crippen LogP contribution in [0.25, 0.3) is 0 Å². The molecule has 3 heterocycles. The first kappa shape index (κ1) is 35.9. The van der Waals surface area contributed by atoms with E-state index in [0.717, 1.165) is 0 Å². The maximum atomic E-state index is 13.0. The van der Waals surface area contributed by atoms with Crippen LogP contribution in [-0.2, 0) is 4.74 Å². The van der Waals surface area contributed by atoms with Crippen molar-refractivity contribution in [3.05, 3.63) is 39.6 Å². The molecular formula is C24H24Cl2F6N8O4S2. The van der Waals surface area contributed by atoms with Gasteiger partial charge in [0, 0.05) is 25.7 Å². The first-order valence-electron chi connectivity index (χ1n) is 13.2. The van der Waals surface area contributed by atoms with Crippen LogP contribution < -0.4 is 10.1 Å². The Balaban J connectivity index is 1.40. The van der Waals surface area contributed by atoms with Crippen molar-refractivity contribution in [1.82, 2.24) is 41.0 Å². The molecule has 4 rings (SSSR count). The highest BCUT2D eigenvalue weighted by Crippen LogP contribution is 2.30. The summed E-state index contributed by atoms with van der Waals surface area (Å²) < 4.78 is 87.8. The fourth-order valence-corrected chi connectivity index (χ4v) is 5.76. The summed E-state index contributed by atoms with van der Waals surface area (Å²) in [4.78, 5) is 27.7. The number of amides is 1. The van der Waals surface area contributed by atoms with Gasteiger partial charge in [0.2, 0.25) is 5.69 Å². The number of alkyl halides is 6. The van der Waals surface area contributed by atoms with Crippen molar-refractivity contribution < 1.29 is 45.4 Å². The quantitative estimate of drug-likeness (QED) is 0.123. The molecule has 2 aromatic heterocycles. The second-order valence-corrected chi connectivity index (χ2v) is 12.5. The molecule has 0 saturated carbocycles. The Morgan fingerprint density at radius 3 is 2.13 bits per heavy atom. The molecule has 1 amide bonds. The summed E-state index contributed by atoms with van der Waals surface area (Å²) in [7, 11) is 0. The van der Waals surface area contributed by atoms with Crippen LogP contribution in [0.3, 0.4) is 0 Å². The number of carbonyl (C=O) groups excluding carboxylic acids is 2. The number of thioether (sulfide) groups is 2. The number of hydrogen-bond donors (Lipinski definition) is 3. The van der Waals surface area contributed by atoms with Crippen molar-refractivity contribution in [2.75, 3.05) is 37.7 Å². The van der Waals surface area contributed by atoms with Crippen LogP contribution in [0.15, 0.2) is 28.3 Å².